The van der Waals surface area contributed by atoms with Gasteiger partial charge in [0, 0.05) is 37.0 Å². The van der Waals surface area contributed by atoms with E-state index in [9.17, 15) is 9.90 Å². The number of aliphatic hydroxyl groups excluding tert-OH is 1. The number of aromatic nitrogens is 6. The van der Waals surface area contributed by atoms with Gasteiger partial charge < -0.3 is 10.8 Å². The summed E-state index contributed by atoms with van der Waals surface area (Å²) in [6.07, 6.45) is 7.67. The zero-order valence-corrected chi connectivity index (χ0v) is 20.1. The molecule has 3 aromatic heterocycles. The lowest BCUT2D eigenvalue weighted by Gasteiger charge is -2.15. The van der Waals surface area contributed by atoms with Crippen LogP contribution in [0.3, 0.4) is 0 Å². The molecule has 37 heavy (non-hydrogen) atoms. The number of aryl methyl sites for hydroxylation is 1. The Labute approximate surface area is 211 Å². The van der Waals surface area contributed by atoms with Crippen molar-refractivity contribution in [3.8, 4) is 17.1 Å². The number of aliphatic hydroxyl groups is 1. The highest BCUT2D eigenvalue weighted by Gasteiger charge is 2.25. The highest BCUT2D eigenvalue weighted by atomic mass is 19.1. The smallest absolute Gasteiger partial charge is 0.265 e. The number of nitrogens with two attached hydrogens (primary N) is 1. The summed E-state index contributed by atoms with van der Waals surface area (Å²) in [6, 6.07) is 10.3. The van der Waals surface area contributed by atoms with Crippen molar-refractivity contribution in [1.82, 2.24) is 29.3 Å². The average Bonchev–Trinajstić information content (AvgIpc) is 3.65. The molecule has 0 radical (unpaired) electrons. The zero-order chi connectivity index (χ0) is 25.7. The minimum atomic E-state index is -0.536. The Morgan fingerprint density at radius 2 is 2.00 bits per heavy atom. The fourth-order valence-corrected chi connectivity index (χ4v) is 4.75. The van der Waals surface area contributed by atoms with E-state index in [1.54, 1.807) is 41.3 Å². The summed E-state index contributed by atoms with van der Waals surface area (Å²) in [7, 11) is 1.82. The topological polar surface area (TPSA) is 125 Å². The number of nitrogen functional groups attached to an aromatic ring is 1. The molecule has 0 amide bonds. The summed E-state index contributed by atoms with van der Waals surface area (Å²) in [4.78, 5) is 26.6. The number of hydrogen-bond donors (Lipinski definition) is 2. The molecule has 1 saturated carbocycles. The van der Waals surface area contributed by atoms with Gasteiger partial charge >= 0.3 is 0 Å². The number of hydrogen-bond acceptors (Lipinski definition) is 7. The largest absolute Gasteiger partial charge is 0.392 e. The van der Waals surface area contributed by atoms with Crippen LogP contribution in [0.15, 0.2) is 59.8 Å². The number of rotatable bonds is 6. The Hall–Kier alpha value is -4.44. The highest BCUT2D eigenvalue weighted by Crippen LogP contribution is 2.41. The molecule has 0 spiro atoms. The van der Waals surface area contributed by atoms with E-state index in [0.717, 1.165) is 24.0 Å². The number of benzene rings is 2. The number of nitrogens with zero attached hydrogens (tertiary/aromatic N) is 6. The first-order valence-corrected chi connectivity index (χ1v) is 12.0. The molecular weight excluding hydrogens is 473 g/mol. The number of pyridine rings is 1. The molecule has 0 atom stereocenters. The first kappa shape index (κ1) is 23.0. The van der Waals surface area contributed by atoms with Gasteiger partial charge in [-0.15, -0.1) is 0 Å². The van der Waals surface area contributed by atoms with E-state index in [1.165, 1.54) is 10.6 Å². The molecule has 0 saturated heterocycles. The first-order valence-electron chi connectivity index (χ1n) is 12.0. The molecular formula is C27H24FN7O2. The zero-order valence-electron chi connectivity index (χ0n) is 20.1. The molecule has 5 aromatic rings. The van der Waals surface area contributed by atoms with Crippen molar-refractivity contribution in [3.05, 3.63) is 93.7 Å². The molecule has 1 fully saturated rings. The van der Waals surface area contributed by atoms with Crippen LogP contribution < -0.4 is 11.3 Å². The number of halogens is 1. The molecule has 2 aromatic carbocycles. The van der Waals surface area contributed by atoms with Gasteiger partial charge in [0.05, 0.1) is 23.9 Å². The standard InChI is InChI=1S/C27H24FN7O2/c1-34-13-15(12-30-34)9-23-31-25(33-27(29)32-23)19-3-2-4-22(20(19)14-36)35-8-7-17-10-18(16-5-6-16)11-21(28)24(17)26(35)37/h2-4,7-8,10-13,16,36H,5-6,9,14H2,1H3,(H2,29,31,32,33). The summed E-state index contributed by atoms with van der Waals surface area (Å²) < 4.78 is 18.1. The molecule has 10 heteroatoms. The quantitative estimate of drug-likeness (QED) is 0.369. The van der Waals surface area contributed by atoms with Crippen LogP contribution in [0.25, 0.3) is 27.8 Å². The Bertz CT molecular complexity index is 1720. The molecule has 1 aliphatic rings. The van der Waals surface area contributed by atoms with Crippen LogP contribution in [-0.4, -0.2) is 34.4 Å². The molecule has 0 bridgehead atoms. The predicted molar refractivity (Wildman–Crippen MR) is 137 cm³/mol. The predicted octanol–water partition coefficient (Wildman–Crippen LogP) is 3.26. The van der Waals surface area contributed by atoms with Crippen molar-refractivity contribution in [2.45, 2.75) is 31.8 Å². The second-order valence-electron chi connectivity index (χ2n) is 9.33. The lowest BCUT2D eigenvalue weighted by molar-refractivity contribution is 0.282. The van der Waals surface area contributed by atoms with E-state index < -0.39 is 18.0 Å². The maximum Gasteiger partial charge on any atom is 0.265 e. The van der Waals surface area contributed by atoms with Crippen molar-refractivity contribution < 1.29 is 9.50 Å². The monoisotopic (exact) mass is 497 g/mol. The molecule has 3 heterocycles. The van der Waals surface area contributed by atoms with Gasteiger partial charge in [-0.2, -0.15) is 15.1 Å². The number of fused-ring (bicyclic) bond motifs is 1. The third kappa shape index (κ3) is 4.25. The van der Waals surface area contributed by atoms with Crippen LogP contribution in [0.5, 0.6) is 0 Å². The van der Waals surface area contributed by atoms with E-state index in [4.69, 9.17) is 5.73 Å². The second kappa shape index (κ2) is 8.90. The van der Waals surface area contributed by atoms with Crippen LogP contribution in [0.1, 0.15) is 41.3 Å². The van der Waals surface area contributed by atoms with Gasteiger partial charge in [-0.1, -0.05) is 18.2 Å². The van der Waals surface area contributed by atoms with E-state index >= 15 is 4.39 Å². The molecule has 0 aliphatic heterocycles. The van der Waals surface area contributed by atoms with Crippen molar-refractivity contribution in [1.29, 1.82) is 0 Å². The lowest BCUT2D eigenvalue weighted by Crippen LogP contribution is -2.20. The number of anilines is 1. The summed E-state index contributed by atoms with van der Waals surface area (Å²) >= 11 is 0. The molecule has 1 aliphatic carbocycles. The SMILES string of the molecule is Cn1cc(Cc2nc(N)nc(-c3cccc(-n4ccc5cc(C6CC6)cc(F)c5c4=O)c3CO)n2)cn1. The van der Waals surface area contributed by atoms with E-state index in [0.29, 0.717) is 40.4 Å². The van der Waals surface area contributed by atoms with Gasteiger partial charge in [0.2, 0.25) is 5.95 Å². The third-order valence-electron chi connectivity index (χ3n) is 6.66. The van der Waals surface area contributed by atoms with Gasteiger partial charge in [0.15, 0.2) is 5.82 Å². The Morgan fingerprint density at radius 3 is 2.73 bits per heavy atom. The van der Waals surface area contributed by atoms with Crippen LogP contribution in [0, 0.1) is 5.82 Å². The van der Waals surface area contributed by atoms with Crippen molar-refractivity contribution in [2.24, 2.45) is 7.05 Å². The third-order valence-corrected chi connectivity index (χ3v) is 6.66. The maximum atomic E-state index is 15.1. The summed E-state index contributed by atoms with van der Waals surface area (Å²) in [5.74, 6) is 0.586. The summed E-state index contributed by atoms with van der Waals surface area (Å²) in [5, 5.41) is 15.1. The van der Waals surface area contributed by atoms with Crippen LogP contribution >= 0.6 is 0 Å². The van der Waals surface area contributed by atoms with Gasteiger partial charge in [0.25, 0.3) is 5.56 Å². The normalized spacial score (nSPS) is 13.4. The van der Waals surface area contributed by atoms with Crippen LogP contribution in [-0.2, 0) is 20.1 Å². The Morgan fingerprint density at radius 1 is 1.16 bits per heavy atom. The van der Waals surface area contributed by atoms with Gasteiger partial charge in [-0.25, -0.2) is 9.37 Å². The van der Waals surface area contributed by atoms with Gasteiger partial charge in [-0.3, -0.25) is 14.0 Å². The Balaban J connectivity index is 1.46. The molecule has 3 N–H and O–H groups in total. The molecule has 186 valence electrons. The van der Waals surface area contributed by atoms with Crippen molar-refractivity contribution in [2.75, 3.05) is 5.73 Å². The molecule has 9 nitrogen and oxygen atoms in total. The second-order valence-corrected chi connectivity index (χ2v) is 9.33. The van der Waals surface area contributed by atoms with E-state index in [1.807, 2.05) is 19.3 Å². The minimum absolute atomic E-state index is 0.0179. The lowest BCUT2D eigenvalue weighted by atomic mass is 10.0. The summed E-state index contributed by atoms with van der Waals surface area (Å²) in [6.45, 7) is -0.400. The van der Waals surface area contributed by atoms with Crippen LogP contribution in [0.2, 0.25) is 0 Å². The fraction of sp³-hybridized carbons (Fsp3) is 0.222. The Kier molecular flexibility index (Phi) is 5.53. The molecule has 6 rings (SSSR count). The minimum Gasteiger partial charge on any atom is -0.392 e. The van der Waals surface area contributed by atoms with Gasteiger partial charge in [-0.05, 0) is 53.5 Å². The molecule has 0 unspecified atom stereocenters. The van der Waals surface area contributed by atoms with Crippen molar-refractivity contribution >= 4 is 16.7 Å². The fourth-order valence-electron chi connectivity index (χ4n) is 4.75. The maximum absolute atomic E-state index is 15.1. The average molecular weight is 498 g/mol. The van der Waals surface area contributed by atoms with E-state index in [2.05, 4.69) is 20.1 Å². The summed E-state index contributed by atoms with van der Waals surface area (Å²) in [5.41, 5.74) is 8.64. The first-order chi connectivity index (χ1) is 17.9. The highest BCUT2D eigenvalue weighted by molar-refractivity contribution is 5.83. The van der Waals surface area contributed by atoms with E-state index in [-0.39, 0.29) is 17.2 Å². The van der Waals surface area contributed by atoms with Gasteiger partial charge in [0.1, 0.15) is 11.6 Å². The van der Waals surface area contributed by atoms with Crippen molar-refractivity contribution in [3.63, 3.8) is 0 Å². The van der Waals surface area contributed by atoms with Crippen LogP contribution in [0.4, 0.5) is 10.3 Å².